The smallest absolute Gasteiger partial charge is 0.0786 e. The Kier molecular flexibility index (Phi) is 3.45. The third-order valence-corrected chi connectivity index (χ3v) is 3.17. The van der Waals surface area contributed by atoms with Crippen molar-refractivity contribution in [3.05, 3.63) is 95.2 Å². The van der Waals surface area contributed by atoms with Crippen LogP contribution in [0.3, 0.4) is 0 Å². The van der Waals surface area contributed by atoms with Gasteiger partial charge in [-0.15, -0.1) is 5.73 Å². The molecule has 1 aliphatic heterocycles. The van der Waals surface area contributed by atoms with Gasteiger partial charge in [0.15, 0.2) is 0 Å². The maximum absolute atomic E-state index is 4.81. The van der Waals surface area contributed by atoms with Crippen molar-refractivity contribution in [3.8, 4) is 0 Å². The summed E-state index contributed by atoms with van der Waals surface area (Å²) in [6.07, 6.45) is 4.03. The third kappa shape index (κ3) is 2.69. The van der Waals surface area contributed by atoms with E-state index in [-0.39, 0.29) is 0 Å². The van der Waals surface area contributed by atoms with Gasteiger partial charge in [0, 0.05) is 17.2 Å². The first-order chi connectivity index (χ1) is 9.83. The summed E-state index contributed by atoms with van der Waals surface area (Å²) in [4.78, 5) is 4.81. The van der Waals surface area contributed by atoms with E-state index in [0.717, 1.165) is 28.1 Å². The molecule has 0 saturated carbocycles. The highest BCUT2D eigenvalue weighted by Crippen LogP contribution is 2.21. The molecule has 0 N–H and O–H groups in total. The Morgan fingerprint density at radius 3 is 2.05 bits per heavy atom. The number of nitrogens with zero attached hydrogens (tertiary/aromatic N) is 1. The molecule has 1 aliphatic rings. The van der Waals surface area contributed by atoms with E-state index in [0.29, 0.717) is 0 Å². The fraction of sp³-hybridized carbons (Fsp3) is 0.0526. The Morgan fingerprint density at radius 2 is 1.40 bits per heavy atom. The zero-order valence-corrected chi connectivity index (χ0v) is 11.4. The largest absolute Gasteiger partial charge is 0.247 e. The standard InChI is InChI=1S/C19H15N/c1-15-12-13-18(16-8-4-2-5-9-16)20-19(14-15)17-10-6-3-7-11-17/h2-11,13-14H,1H3. The van der Waals surface area contributed by atoms with Gasteiger partial charge in [0.2, 0.25) is 0 Å². The van der Waals surface area contributed by atoms with Crippen LogP contribution in [0.5, 0.6) is 0 Å². The summed E-state index contributed by atoms with van der Waals surface area (Å²) in [5, 5.41) is 0. The Morgan fingerprint density at radius 1 is 0.800 bits per heavy atom. The van der Waals surface area contributed by atoms with Gasteiger partial charge >= 0.3 is 0 Å². The van der Waals surface area contributed by atoms with Crippen molar-refractivity contribution < 1.29 is 0 Å². The van der Waals surface area contributed by atoms with Crippen molar-refractivity contribution in [2.45, 2.75) is 6.92 Å². The predicted octanol–water partition coefficient (Wildman–Crippen LogP) is 4.63. The van der Waals surface area contributed by atoms with Gasteiger partial charge in [0.05, 0.1) is 11.4 Å². The van der Waals surface area contributed by atoms with E-state index in [1.807, 2.05) is 49.4 Å². The molecule has 0 atom stereocenters. The summed E-state index contributed by atoms with van der Waals surface area (Å²) in [5.41, 5.74) is 8.51. The molecule has 2 aromatic carbocycles. The van der Waals surface area contributed by atoms with Gasteiger partial charge in [0.25, 0.3) is 0 Å². The summed E-state index contributed by atoms with van der Waals surface area (Å²) in [6, 6.07) is 20.4. The first-order valence-electron chi connectivity index (χ1n) is 6.67. The van der Waals surface area contributed by atoms with Crippen molar-refractivity contribution in [1.82, 2.24) is 0 Å². The summed E-state index contributed by atoms with van der Waals surface area (Å²) < 4.78 is 0. The molecule has 0 fully saturated rings. The molecule has 0 amide bonds. The van der Waals surface area contributed by atoms with Crippen LogP contribution in [0.2, 0.25) is 0 Å². The van der Waals surface area contributed by atoms with Crippen LogP contribution in [0.1, 0.15) is 18.1 Å². The number of benzene rings is 2. The minimum absolute atomic E-state index is 0.942. The second-order valence-corrected chi connectivity index (χ2v) is 4.73. The lowest BCUT2D eigenvalue weighted by atomic mass is 10.1. The molecule has 1 heterocycles. The van der Waals surface area contributed by atoms with E-state index in [2.05, 4.69) is 36.1 Å². The first-order valence-corrected chi connectivity index (χ1v) is 6.67. The first kappa shape index (κ1) is 12.4. The average molecular weight is 257 g/mol. The van der Waals surface area contributed by atoms with Crippen LogP contribution in [0.4, 0.5) is 0 Å². The van der Waals surface area contributed by atoms with Crippen molar-refractivity contribution in [2.24, 2.45) is 4.99 Å². The highest BCUT2D eigenvalue weighted by atomic mass is 14.8. The fourth-order valence-corrected chi connectivity index (χ4v) is 2.14. The minimum atomic E-state index is 0.942. The molecule has 0 spiro atoms. The van der Waals surface area contributed by atoms with Crippen LogP contribution < -0.4 is 0 Å². The molecular weight excluding hydrogens is 242 g/mol. The van der Waals surface area contributed by atoms with Gasteiger partial charge in [0.1, 0.15) is 0 Å². The van der Waals surface area contributed by atoms with E-state index in [9.17, 15) is 0 Å². The zero-order chi connectivity index (χ0) is 13.8. The van der Waals surface area contributed by atoms with Crippen LogP contribution in [-0.2, 0) is 0 Å². The summed E-state index contributed by atoms with van der Waals surface area (Å²) in [7, 11) is 0. The fourth-order valence-electron chi connectivity index (χ4n) is 2.14. The molecule has 2 aromatic rings. The van der Waals surface area contributed by atoms with Gasteiger partial charge in [-0.3, -0.25) is 0 Å². The molecule has 0 saturated heterocycles. The Balaban J connectivity index is 2.10. The quantitative estimate of drug-likeness (QED) is 0.695. The SMILES string of the molecule is CC1=C=CC(c2ccccc2)=NC(c2ccccc2)=C1. The lowest BCUT2D eigenvalue weighted by Crippen LogP contribution is -1.96. The summed E-state index contributed by atoms with van der Waals surface area (Å²) >= 11 is 0. The molecule has 0 aromatic heterocycles. The van der Waals surface area contributed by atoms with E-state index in [1.165, 1.54) is 0 Å². The van der Waals surface area contributed by atoms with Crippen LogP contribution in [0.25, 0.3) is 5.70 Å². The van der Waals surface area contributed by atoms with Crippen molar-refractivity contribution >= 4 is 11.4 Å². The second kappa shape index (κ2) is 5.56. The molecule has 96 valence electrons. The van der Waals surface area contributed by atoms with Gasteiger partial charge in [-0.2, -0.15) is 0 Å². The van der Waals surface area contributed by atoms with Crippen molar-refractivity contribution in [2.75, 3.05) is 0 Å². The van der Waals surface area contributed by atoms with Crippen LogP contribution in [-0.4, -0.2) is 5.71 Å². The van der Waals surface area contributed by atoms with E-state index < -0.39 is 0 Å². The molecule has 0 unspecified atom stereocenters. The van der Waals surface area contributed by atoms with Crippen LogP contribution in [0, 0.1) is 0 Å². The number of hydrogen-bond acceptors (Lipinski definition) is 1. The third-order valence-electron chi connectivity index (χ3n) is 3.17. The molecule has 0 bridgehead atoms. The highest BCUT2D eigenvalue weighted by Gasteiger charge is 2.06. The maximum atomic E-state index is 4.81. The Bertz CT molecular complexity index is 728. The number of aliphatic imine (C=N–C) groups is 1. The Labute approximate surface area is 119 Å². The monoisotopic (exact) mass is 257 g/mol. The zero-order valence-electron chi connectivity index (χ0n) is 11.4. The average Bonchev–Trinajstić information content (AvgIpc) is 2.71. The van der Waals surface area contributed by atoms with Gasteiger partial charge in [-0.25, -0.2) is 4.99 Å². The topological polar surface area (TPSA) is 12.4 Å². The number of hydrogen-bond donors (Lipinski definition) is 0. The molecule has 0 radical (unpaired) electrons. The molecule has 20 heavy (non-hydrogen) atoms. The van der Waals surface area contributed by atoms with Gasteiger partial charge < -0.3 is 0 Å². The molecule has 3 rings (SSSR count). The summed E-state index contributed by atoms with van der Waals surface area (Å²) in [5.74, 6) is 0. The minimum Gasteiger partial charge on any atom is -0.247 e. The highest BCUT2D eigenvalue weighted by molar-refractivity contribution is 6.11. The van der Waals surface area contributed by atoms with E-state index in [1.54, 1.807) is 0 Å². The van der Waals surface area contributed by atoms with Gasteiger partial charge in [-0.05, 0) is 18.6 Å². The molecular formula is C19H15N. The van der Waals surface area contributed by atoms with Crippen LogP contribution in [0.15, 0.2) is 89.1 Å². The number of allylic oxidation sites excluding steroid dienone is 2. The van der Waals surface area contributed by atoms with Crippen LogP contribution >= 0.6 is 0 Å². The van der Waals surface area contributed by atoms with E-state index >= 15 is 0 Å². The van der Waals surface area contributed by atoms with Crippen molar-refractivity contribution in [1.29, 1.82) is 0 Å². The van der Waals surface area contributed by atoms with Gasteiger partial charge in [-0.1, -0.05) is 60.7 Å². The Hall–Kier alpha value is -2.63. The second-order valence-electron chi connectivity index (χ2n) is 4.73. The lowest BCUT2D eigenvalue weighted by Gasteiger charge is -2.04. The predicted molar refractivity (Wildman–Crippen MR) is 84.7 cm³/mol. The van der Waals surface area contributed by atoms with Crippen molar-refractivity contribution in [3.63, 3.8) is 0 Å². The molecule has 1 nitrogen and oxygen atoms in total. The maximum Gasteiger partial charge on any atom is 0.0786 e. The summed E-state index contributed by atoms with van der Waals surface area (Å²) in [6.45, 7) is 2.04. The number of rotatable bonds is 2. The van der Waals surface area contributed by atoms with E-state index in [4.69, 9.17) is 4.99 Å². The lowest BCUT2D eigenvalue weighted by molar-refractivity contribution is 1.46. The molecule has 0 aliphatic carbocycles. The normalized spacial score (nSPS) is 14.2. The molecule has 1 heteroatoms.